The molecule has 0 aromatic heterocycles. The van der Waals surface area contributed by atoms with Crippen molar-refractivity contribution in [3.63, 3.8) is 0 Å². The number of benzene rings is 2. The van der Waals surface area contributed by atoms with E-state index in [1.807, 2.05) is 32.0 Å². The molecule has 4 heteroatoms. The van der Waals surface area contributed by atoms with Crippen LogP contribution in [-0.4, -0.2) is 11.1 Å². The fourth-order valence-corrected chi connectivity index (χ4v) is 2.51. The number of carboxylic acid groups (broad SMARTS) is 1. The molecular formula is C15H14BrNO2. The second-order valence-electron chi connectivity index (χ2n) is 4.48. The van der Waals surface area contributed by atoms with E-state index in [0.29, 0.717) is 5.56 Å². The third-order valence-electron chi connectivity index (χ3n) is 2.79. The molecule has 0 aliphatic carbocycles. The molecule has 3 nitrogen and oxygen atoms in total. The highest BCUT2D eigenvalue weighted by molar-refractivity contribution is 9.10. The number of hydrogen-bond donors (Lipinski definition) is 2. The molecule has 0 fully saturated rings. The highest BCUT2D eigenvalue weighted by Gasteiger charge is 2.06. The van der Waals surface area contributed by atoms with Crippen LogP contribution in [0.1, 0.15) is 21.5 Å². The Hall–Kier alpha value is -1.81. The Morgan fingerprint density at radius 1 is 1.16 bits per heavy atom. The van der Waals surface area contributed by atoms with E-state index >= 15 is 0 Å². The topological polar surface area (TPSA) is 49.3 Å². The van der Waals surface area contributed by atoms with Crippen LogP contribution in [0.15, 0.2) is 40.9 Å². The molecule has 2 aromatic carbocycles. The number of carbonyl (C=O) groups is 1. The van der Waals surface area contributed by atoms with E-state index in [0.717, 1.165) is 27.0 Å². The number of carboxylic acids is 1. The summed E-state index contributed by atoms with van der Waals surface area (Å²) in [5.41, 5.74) is 4.23. The zero-order chi connectivity index (χ0) is 14.0. The van der Waals surface area contributed by atoms with Crippen molar-refractivity contribution in [2.24, 2.45) is 0 Å². The Balaban J connectivity index is 2.30. The second kappa shape index (κ2) is 5.45. The molecule has 2 rings (SSSR count). The van der Waals surface area contributed by atoms with Gasteiger partial charge in [0.1, 0.15) is 0 Å². The summed E-state index contributed by atoms with van der Waals surface area (Å²) in [6, 6.07) is 11.1. The SMILES string of the molecule is Cc1cc(Br)cc(Nc2ccc(C(=O)O)cc2C)c1. The summed E-state index contributed by atoms with van der Waals surface area (Å²) in [4.78, 5) is 10.9. The summed E-state index contributed by atoms with van der Waals surface area (Å²) in [5.74, 6) is -0.909. The molecule has 0 saturated carbocycles. The molecule has 0 amide bonds. The molecule has 0 bridgehead atoms. The summed E-state index contributed by atoms with van der Waals surface area (Å²) in [6.45, 7) is 3.91. The van der Waals surface area contributed by atoms with Crippen LogP contribution in [0.2, 0.25) is 0 Å². The number of rotatable bonds is 3. The number of halogens is 1. The lowest BCUT2D eigenvalue weighted by atomic mass is 10.1. The van der Waals surface area contributed by atoms with Crippen molar-refractivity contribution in [3.8, 4) is 0 Å². The van der Waals surface area contributed by atoms with Gasteiger partial charge in [-0.2, -0.15) is 0 Å². The Bertz CT molecular complexity index is 618. The summed E-state index contributed by atoms with van der Waals surface area (Å²) in [6.07, 6.45) is 0. The van der Waals surface area contributed by atoms with Crippen LogP contribution >= 0.6 is 15.9 Å². The summed E-state index contributed by atoms with van der Waals surface area (Å²) in [5, 5.41) is 12.2. The first-order chi connectivity index (χ1) is 8.95. The predicted octanol–water partition coefficient (Wildman–Crippen LogP) is 4.51. The molecule has 2 N–H and O–H groups in total. The number of anilines is 2. The molecule has 0 saturated heterocycles. The van der Waals surface area contributed by atoms with Crippen LogP contribution < -0.4 is 5.32 Å². The standard InChI is InChI=1S/C15H14BrNO2/c1-9-5-12(16)8-13(6-9)17-14-4-3-11(15(18)19)7-10(14)2/h3-8,17H,1-2H3,(H,18,19). The van der Waals surface area contributed by atoms with E-state index in [1.165, 1.54) is 0 Å². The summed E-state index contributed by atoms with van der Waals surface area (Å²) < 4.78 is 1.01. The van der Waals surface area contributed by atoms with Crippen molar-refractivity contribution in [1.82, 2.24) is 0 Å². The fourth-order valence-electron chi connectivity index (χ4n) is 1.90. The van der Waals surface area contributed by atoms with E-state index in [4.69, 9.17) is 5.11 Å². The van der Waals surface area contributed by atoms with Gasteiger partial charge in [-0.1, -0.05) is 15.9 Å². The van der Waals surface area contributed by atoms with Crippen LogP contribution in [0.5, 0.6) is 0 Å². The summed E-state index contributed by atoms with van der Waals surface area (Å²) in [7, 11) is 0. The molecule has 0 spiro atoms. The van der Waals surface area contributed by atoms with E-state index in [2.05, 4.69) is 21.2 Å². The highest BCUT2D eigenvalue weighted by atomic mass is 79.9. The molecule has 0 aliphatic rings. The van der Waals surface area contributed by atoms with Gasteiger partial charge in [0.2, 0.25) is 0 Å². The van der Waals surface area contributed by atoms with Crippen molar-refractivity contribution in [2.45, 2.75) is 13.8 Å². The van der Waals surface area contributed by atoms with Crippen molar-refractivity contribution in [1.29, 1.82) is 0 Å². The van der Waals surface area contributed by atoms with Gasteiger partial charge in [-0.3, -0.25) is 0 Å². The van der Waals surface area contributed by atoms with Gasteiger partial charge in [0.25, 0.3) is 0 Å². The normalized spacial score (nSPS) is 10.3. The molecule has 0 unspecified atom stereocenters. The van der Waals surface area contributed by atoms with Gasteiger partial charge in [0.15, 0.2) is 0 Å². The van der Waals surface area contributed by atoms with Crippen molar-refractivity contribution < 1.29 is 9.90 Å². The van der Waals surface area contributed by atoms with Crippen LogP contribution in [0.3, 0.4) is 0 Å². The van der Waals surface area contributed by atoms with E-state index in [-0.39, 0.29) is 0 Å². The minimum Gasteiger partial charge on any atom is -0.478 e. The minimum atomic E-state index is -0.909. The molecule has 98 valence electrons. The number of aryl methyl sites for hydroxylation is 2. The molecule has 2 aromatic rings. The smallest absolute Gasteiger partial charge is 0.335 e. The average Bonchev–Trinajstić information content (AvgIpc) is 2.30. The lowest BCUT2D eigenvalue weighted by Crippen LogP contribution is -1.99. The van der Waals surface area contributed by atoms with Crippen molar-refractivity contribution in [2.75, 3.05) is 5.32 Å². The summed E-state index contributed by atoms with van der Waals surface area (Å²) >= 11 is 3.46. The first-order valence-corrected chi connectivity index (χ1v) is 6.63. The van der Waals surface area contributed by atoms with Gasteiger partial charge in [-0.15, -0.1) is 0 Å². The monoisotopic (exact) mass is 319 g/mol. The molecule has 0 atom stereocenters. The molecule has 0 radical (unpaired) electrons. The predicted molar refractivity (Wildman–Crippen MR) is 80.3 cm³/mol. The Morgan fingerprint density at radius 3 is 2.47 bits per heavy atom. The van der Waals surface area contributed by atoms with Crippen LogP contribution in [-0.2, 0) is 0 Å². The van der Waals surface area contributed by atoms with Crippen molar-refractivity contribution in [3.05, 3.63) is 57.6 Å². The van der Waals surface area contributed by atoms with Gasteiger partial charge >= 0.3 is 5.97 Å². The van der Waals surface area contributed by atoms with Gasteiger partial charge in [0, 0.05) is 15.8 Å². The van der Waals surface area contributed by atoms with Gasteiger partial charge in [-0.25, -0.2) is 4.79 Å². The van der Waals surface area contributed by atoms with Gasteiger partial charge in [-0.05, 0) is 61.4 Å². The van der Waals surface area contributed by atoms with E-state index in [9.17, 15) is 4.79 Å². The van der Waals surface area contributed by atoms with Gasteiger partial charge in [0.05, 0.1) is 5.56 Å². The lowest BCUT2D eigenvalue weighted by molar-refractivity contribution is 0.0697. The molecule has 0 heterocycles. The largest absolute Gasteiger partial charge is 0.478 e. The third kappa shape index (κ3) is 3.35. The first-order valence-electron chi connectivity index (χ1n) is 5.84. The first kappa shape index (κ1) is 13.6. The number of hydrogen-bond acceptors (Lipinski definition) is 2. The second-order valence-corrected chi connectivity index (χ2v) is 5.39. The Labute approximate surface area is 120 Å². The lowest BCUT2D eigenvalue weighted by Gasteiger charge is -2.11. The maximum atomic E-state index is 10.9. The Kier molecular flexibility index (Phi) is 3.90. The zero-order valence-corrected chi connectivity index (χ0v) is 12.3. The Morgan fingerprint density at radius 2 is 1.89 bits per heavy atom. The number of nitrogens with one attached hydrogen (secondary N) is 1. The van der Waals surface area contributed by atoms with E-state index < -0.39 is 5.97 Å². The maximum Gasteiger partial charge on any atom is 0.335 e. The average molecular weight is 320 g/mol. The third-order valence-corrected chi connectivity index (χ3v) is 3.25. The fraction of sp³-hybridized carbons (Fsp3) is 0.133. The van der Waals surface area contributed by atoms with Crippen LogP contribution in [0.25, 0.3) is 0 Å². The number of aromatic carboxylic acids is 1. The quantitative estimate of drug-likeness (QED) is 0.875. The molecule has 0 aliphatic heterocycles. The maximum absolute atomic E-state index is 10.9. The van der Waals surface area contributed by atoms with Crippen molar-refractivity contribution >= 4 is 33.3 Å². The van der Waals surface area contributed by atoms with Crippen LogP contribution in [0, 0.1) is 13.8 Å². The van der Waals surface area contributed by atoms with Gasteiger partial charge < -0.3 is 10.4 Å². The molecular weight excluding hydrogens is 306 g/mol. The molecule has 19 heavy (non-hydrogen) atoms. The van der Waals surface area contributed by atoms with Crippen LogP contribution in [0.4, 0.5) is 11.4 Å². The van der Waals surface area contributed by atoms with E-state index in [1.54, 1.807) is 18.2 Å². The highest BCUT2D eigenvalue weighted by Crippen LogP contribution is 2.25. The zero-order valence-electron chi connectivity index (χ0n) is 10.7. The minimum absolute atomic E-state index is 0.300.